The summed E-state index contributed by atoms with van der Waals surface area (Å²) in [4.78, 5) is 31.0. The lowest BCUT2D eigenvalue weighted by atomic mass is 9.66. The number of rotatable bonds is 2. The van der Waals surface area contributed by atoms with E-state index in [0.29, 0.717) is 43.6 Å². The molecular formula is C29H44N6O4. The number of anilines is 1. The largest absolute Gasteiger partial charge is 0.444 e. The number of amides is 1. The highest BCUT2D eigenvalue weighted by Gasteiger charge is 2.62. The summed E-state index contributed by atoms with van der Waals surface area (Å²) in [5.41, 5.74) is 9.48. The zero-order chi connectivity index (χ0) is 27.8. The Balaban J connectivity index is 1.39. The monoisotopic (exact) mass is 540 g/mol. The molecule has 214 valence electrons. The Hall–Kier alpha value is -2.72. The Labute approximate surface area is 232 Å². The minimum Gasteiger partial charge on any atom is -0.444 e. The Morgan fingerprint density at radius 1 is 1.15 bits per heavy atom. The van der Waals surface area contributed by atoms with E-state index in [9.17, 15) is 4.79 Å². The van der Waals surface area contributed by atoms with E-state index in [1.54, 1.807) is 11.1 Å². The van der Waals surface area contributed by atoms with Gasteiger partial charge in [0.2, 0.25) is 5.95 Å². The van der Waals surface area contributed by atoms with Gasteiger partial charge in [-0.25, -0.2) is 14.8 Å². The summed E-state index contributed by atoms with van der Waals surface area (Å²) in [6.45, 7) is 10.9. The molecule has 2 atom stereocenters. The summed E-state index contributed by atoms with van der Waals surface area (Å²) in [6.07, 6.45) is 8.13. The number of aromatic nitrogens is 2. The molecule has 5 rings (SSSR count). The van der Waals surface area contributed by atoms with Gasteiger partial charge in [0.15, 0.2) is 5.79 Å². The highest BCUT2D eigenvalue weighted by molar-refractivity contribution is 6.11. The fourth-order valence-electron chi connectivity index (χ4n) is 6.92. The minimum absolute atomic E-state index is 0.0189. The average molecular weight is 541 g/mol. The Morgan fingerprint density at radius 3 is 2.62 bits per heavy atom. The first-order valence-corrected chi connectivity index (χ1v) is 14.4. The van der Waals surface area contributed by atoms with Gasteiger partial charge in [0, 0.05) is 45.3 Å². The van der Waals surface area contributed by atoms with Crippen LogP contribution in [-0.2, 0) is 14.2 Å². The number of carbonyl (C=O) groups is 1. The molecule has 2 saturated carbocycles. The van der Waals surface area contributed by atoms with E-state index >= 15 is 0 Å². The van der Waals surface area contributed by atoms with Crippen molar-refractivity contribution in [2.24, 2.45) is 16.1 Å². The van der Waals surface area contributed by atoms with Gasteiger partial charge >= 0.3 is 6.09 Å². The zero-order valence-electron chi connectivity index (χ0n) is 24.2. The molecule has 1 aromatic rings. The normalized spacial score (nSPS) is 29.8. The van der Waals surface area contributed by atoms with Crippen molar-refractivity contribution in [1.82, 2.24) is 14.9 Å². The van der Waals surface area contributed by atoms with Gasteiger partial charge in [-0.05, 0) is 71.4 Å². The maximum atomic E-state index is 12.7. The first-order valence-electron chi connectivity index (χ1n) is 14.4. The predicted octanol–water partition coefficient (Wildman–Crippen LogP) is 4.15. The van der Waals surface area contributed by atoms with E-state index in [0.717, 1.165) is 62.8 Å². The topological polar surface area (TPSA) is 115 Å². The number of hydrogen-bond donors (Lipinski definition) is 1. The first-order chi connectivity index (χ1) is 18.6. The number of nitrogens with zero attached hydrogens (tertiary/aromatic N) is 5. The molecule has 3 heterocycles. The molecule has 1 unspecified atom stereocenters. The molecule has 2 aliphatic carbocycles. The summed E-state index contributed by atoms with van der Waals surface area (Å²) in [7, 11) is 1.85. The van der Waals surface area contributed by atoms with Crippen LogP contribution in [0.2, 0.25) is 0 Å². The maximum absolute atomic E-state index is 12.7. The zero-order valence-corrected chi connectivity index (χ0v) is 24.2. The van der Waals surface area contributed by atoms with Crippen molar-refractivity contribution in [3.05, 3.63) is 23.5 Å². The Bertz CT molecular complexity index is 1140. The maximum Gasteiger partial charge on any atom is 0.410 e. The Morgan fingerprint density at radius 2 is 1.90 bits per heavy atom. The van der Waals surface area contributed by atoms with Crippen LogP contribution >= 0.6 is 0 Å². The third-order valence-electron chi connectivity index (χ3n) is 8.60. The van der Waals surface area contributed by atoms with E-state index in [1.807, 2.05) is 33.9 Å². The van der Waals surface area contributed by atoms with Crippen LogP contribution in [0.25, 0.3) is 5.70 Å². The molecule has 4 aliphatic rings. The highest BCUT2D eigenvalue weighted by atomic mass is 16.7. The van der Waals surface area contributed by atoms with Crippen LogP contribution in [0.1, 0.15) is 78.3 Å². The van der Waals surface area contributed by atoms with Gasteiger partial charge in [-0.1, -0.05) is 6.42 Å². The molecule has 1 amide bonds. The van der Waals surface area contributed by atoms with E-state index in [4.69, 9.17) is 29.9 Å². The van der Waals surface area contributed by atoms with Gasteiger partial charge in [-0.15, -0.1) is 0 Å². The number of nitrogens with two attached hydrogens (primary N) is 1. The average Bonchev–Trinajstić information content (AvgIpc) is 3.46. The fraction of sp³-hybridized carbons (Fsp3) is 0.724. The van der Waals surface area contributed by atoms with Crippen LogP contribution < -0.4 is 10.6 Å². The molecule has 39 heavy (non-hydrogen) atoms. The molecule has 2 spiro atoms. The van der Waals surface area contributed by atoms with Gasteiger partial charge in [-0.2, -0.15) is 0 Å². The molecule has 10 heteroatoms. The van der Waals surface area contributed by atoms with Crippen LogP contribution in [0.4, 0.5) is 10.7 Å². The quantitative estimate of drug-likeness (QED) is 0.595. The van der Waals surface area contributed by atoms with Crippen molar-refractivity contribution in [3.63, 3.8) is 0 Å². The minimum atomic E-state index is -0.597. The summed E-state index contributed by atoms with van der Waals surface area (Å²) in [5.74, 6) is 0.0226. The second-order valence-electron chi connectivity index (χ2n) is 12.3. The second-order valence-corrected chi connectivity index (χ2v) is 12.3. The number of carbonyl (C=O) groups excluding carboxylic acids is 1. The molecule has 10 nitrogen and oxygen atoms in total. The van der Waals surface area contributed by atoms with E-state index in [1.165, 1.54) is 0 Å². The van der Waals surface area contributed by atoms with E-state index in [2.05, 4.69) is 16.8 Å². The van der Waals surface area contributed by atoms with Crippen LogP contribution in [0, 0.1) is 5.41 Å². The van der Waals surface area contributed by atoms with Crippen molar-refractivity contribution in [3.8, 4) is 0 Å². The smallest absolute Gasteiger partial charge is 0.410 e. The van der Waals surface area contributed by atoms with Crippen LogP contribution in [0.15, 0.2) is 22.8 Å². The lowest BCUT2D eigenvalue weighted by Crippen LogP contribution is -2.54. The van der Waals surface area contributed by atoms with Gasteiger partial charge in [0.05, 0.1) is 35.7 Å². The van der Waals surface area contributed by atoms with Crippen LogP contribution in [0.5, 0.6) is 0 Å². The predicted molar refractivity (Wildman–Crippen MR) is 151 cm³/mol. The van der Waals surface area contributed by atoms with Crippen molar-refractivity contribution in [2.45, 2.75) is 90.1 Å². The third-order valence-corrected chi connectivity index (χ3v) is 8.60. The lowest BCUT2D eigenvalue weighted by molar-refractivity contribution is -0.232. The summed E-state index contributed by atoms with van der Waals surface area (Å²) in [6, 6.07) is 1.89. The van der Waals surface area contributed by atoms with Crippen molar-refractivity contribution in [2.75, 3.05) is 44.8 Å². The summed E-state index contributed by atoms with van der Waals surface area (Å²) < 4.78 is 18.3. The first kappa shape index (κ1) is 27.8. The molecule has 2 aliphatic heterocycles. The number of fused-ring (bicyclic) bond motifs is 1. The molecular weight excluding hydrogens is 496 g/mol. The van der Waals surface area contributed by atoms with Gasteiger partial charge < -0.3 is 29.7 Å². The number of allylic oxidation sites excluding steroid dienone is 1. The molecule has 0 bridgehead atoms. The van der Waals surface area contributed by atoms with Crippen LogP contribution in [0.3, 0.4) is 0 Å². The number of hydrogen-bond acceptors (Lipinski definition) is 9. The van der Waals surface area contributed by atoms with E-state index in [-0.39, 0.29) is 17.6 Å². The highest BCUT2D eigenvalue weighted by Crippen LogP contribution is 2.58. The fourth-order valence-corrected chi connectivity index (χ4v) is 6.92. The van der Waals surface area contributed by atoms with Crippen molar-refractivity contribution in [1.29, 1.82) is 0 Å². The van der Waals surface area contributed by atoms with Crippen LogP contribution in [-0.4, -0.2) is 84.0 Å². The van der Waals surface area contributed by atoms with Gasteiger partial charge in [0.1, 0.15) is 5.60 Å². The molecule has 1 aromatic heterocycles. The molecule has 2 N–H and O–H groups in total. The van der Waals surface area contributed by atoms with Crippen molar-refractivity contribution < 1.29 is 19.0 Å². The van der Waals surface area contributed by atoms with Gasteiger partial charge in [0.25, 0.3) is 0 Å². The van der Waals surface area contributed by atoms with E-state index < -0.39 is 11.4 Å². The third kappa shape index (κ3) is 5.13. The summed E-state index contributed by atoms with van der Waals surface area (Å²) >= 11 is 0. The second kappa shape index (κ2) is 10.7. The lowest BCUT2D eigenvalue weighted by Gasteiger charge is -2.48. The SMILES string of the molecule is CN=C1/C(=C(\N)c2ccnc(N3CCCN(C(=O)OC(C)(C)C)C[C@@H]3C)n2)CCC12CCCCC21OCCO1. The number of ether oxygens (including phenoxy) is 3. The van der Waals surface area contributed by atoms with Crippen molar-refractivity contribution >= 4 is 23.5 Å². The molecule has 0 aromatic carbocycles. The Kier molecular flexibility index (Phi) is 7.63. The molecule has 0 radical (unpaired) electrons. The van der Waals surface area contributed by atoms with Gasteiger partial charge in [-0.3, -0.25) is 4.99 Å². The summed E-state index contributed by atoms with van der Waals surface area (Å²) in [5, 5.41) is 0. The molecule has 4 fully saturated rings. The number of aliphatic imine (C=N–C) groups is 1. The molecule has 2 saturated heterocycles. The standard InChI is InChI=1S/C29H44N6O4/c1-20-19-34(26(36)39-27(2,3)4)15-8-16-35(20)25-32-14-10-22(33-25)23(30)21-9-13-28(24(21)31-5)11-6-7-12-29(28)37-17-18-38-29/h10,14,20H,6-9,11-13,15-19,30H2,1-5H3/b23-21-,31-24?/t20-,28?/m0/s1.